The molecule has 0 amide bonds. The van der Waals surface area contributed by atoms with E-state index in [1.165, 1.54) is 49.7 Å². The number of aliphatic hydroxyl groups is 1. The average Bonchev–Trinajstić information content (AvgIpc) is 2.39. The summed E-state index contributed by atoms with van der Waals surface area (Å²) in [7, 11) is 0. The molecular weight excluding hydrogens is 232 g/mol. The lowest BCUT2D eigenvalue weighted by Gasteiger charge is -2.32. The molecule has 1 nitrogen and oxygen atoms in total. The van der Waals surface area contributed by atoms with Gasteiger partial charge < -0.3 is 5.11 Å². The Hall–Kier alpha value is -0.820. The van der Waals surface area contributed by atoms with E-state index < -0.39 is 0 Å². The zero-order valence-electron chi connectivity index (χ0n) is 12.7. The third kappa shape index (κ3) is 3.60. The first kappa shape index (κ1) is 14.6. The summed E-state index contributed by atoms with van der Waals surface area (Å²) in [6.07, 6.45) is 7.41. The highest BCUT2D eigenvalue weighted by Crippen LogP contribution is 2.39. The molecule has 1 unspecified atom stereocenters. The largest absolute Gasteiger partial charge is 0.388 e. The molecule has 1 heteroatoms. The smallest absolute Gasteiger partial charge is 0.0820 e. The molecule has 2 rings (SSSR count). The van der Waals surface area contributed by atoms with Crippen molar-refractivity contribution in [3.05, 3.63) is 34.9 Å². The first-order valence-electron chi connectivity index (χ1n) is 7.87. The van der Waals surface area contributed by atoms with E-state index in [-0.39, 0.29) is 6.10 Å². The highest BCUT2D eigenvalue weighted by Gasteiger charge is 2.27. The summed E-state index contributed by atoms with van der Waals surface area (Å²) in [6, 6.07) is 6.42. The molecule has 0 aromatic heterocycles. The SMILES string of the molecule is CCCC1CCC(C(O)c2ccc(C)cc2C)CC1. The fourth-order valence-electron chi connectivity index (χ4n) is 3.61. The maximum absolute atomic E-state index is 10.6. The van der Waals surface area contributed by atoms with Crippen LogP contribution in [-0.2, 0) is 0 Å². The van der Waals surface area contributed by atoms with Gasteiger partial charge in [-0.1, -0.05) is 56.4 Å². The molecule has 19 heavy (non-hydrogen) atoms. The topological polar surface area (TPSA) is 20.2 Å². The second-order valence-corrected chi connectivity index (χ2v) is 6.37. The lowest BCUT2D eigenvalue weighted by molar-refractivity contribution is 0.0717. The molecule has 106 valence electrons. The summed E-state index contributed by atoms with van der Waals surface area (Å²) >= 11 is 0. The van der Waals surface area contributed by atoms with Crippen LogP contribution in [0.25, 0.3) is 0 Å². The lowest BCUT2D eigenvalue weighted by Crippen LogP contribution is -2.21. The first-order chi connectivity index (χ1) is 9.11. The van der Waals surface area contributed by atoms with Gasteiger partial charge in [0.2, 0.25) is 0 Å². The predicted octanol–water partition coefficient (Wildman–Crippen LogP) is 4.94. The first-order valence-corrected chi connectivity index (χ1v) is 7.87. The van der Waals surface area contributed by atoms with Gasteiger partial charge in [-0.05, 0) is 49.7 Å². The molecule has 1 aromatic carbocycles. The molecule has 0 heterocycles. The van der Waals surface area contributed by atoms with Crippen LogP contribution < -0.4 is 0 Å². The average molecular weight is 260 g/mol. The number of hydrogen-bond acceptors (Lipinski definition) is 1. The van der Waals surface area contributed by atoms with E-state index in [1.54, 1.807) is 0 Å². The zero-order chi connectivity index (χ0) is 13.8. The fourth-order valence-corrected chi connectivity index (χ4v) is 3.61. The van der Waals surface area contributed by atoms with Gasteiger partial charge in [0.1, 0.15) is 0 Å². The normalized spacial score (nSPS) is 25.3. The van der Waals surface area contributed by atoms with E-state index in [0.29, 0.717) is 5.92 Å². The van der Waals surface area contributed by atoms with E-state index in [2.05, 4.69) is 39.0 Å². The van der Waals surface area contributed by atoms with Crippen LogP contribution in [0.5, 0.6) is 0 Å². The summed E-state index contributed by atoms with van der Waals surface area (Å²) in [4.78, 5) is 0. The van der Waals surface area contributed by atoms with Gasteiger partial charge in [-0.25, -0.2) is 0 Å². The van der Waals surface area contributed by atoms with Gasteiger partial charge in [0.15, 0.2) is 0 Å². The third-order valence-corrected chi connectivity index (χ3v) is 4.78. The molecule has 0 aliphatic heterocycles. The van der Waals surface area contributed by atoms with Gasteiger partial charge in [-0.3, -0.25) is 0 Å². The van der Waals surface area contributed by atoms with Gasteiger partial charge in [-0.15, -0.1) is 0 Å². The minimum absolute atomic E-state index is 0.261. The lowest BCUT2D eigenvalue weighted by atomic mass is 9.76. The van der Waals surface area contributed by atoms with Crippen LogP contribution in [0.2, 0.25) is 0 Å². The molecule has 1 fully saturated rings. The molecule has 1 saturated carbocycles. The van der Waals surface area contributed by atoms with Crippen molar-refractivity contribution in [3.63, 3.8) is 0 Å². The van der Waals surface area contributed by atoms with Crippen molar-refractivity contribution in [2.75, 3.05) is 0 Å². The van der Waals surface area contributed by atoms with Crippen molar-refractivity contribution < 1.29 is 5.11 Å². The number of aliphatic hydroxyl groups excluding tert-OH is 1. The molecule has 1 aliphatic carbocycles. The Morgan fingerprint density at radius 3 is 2.42 bits per heavy atom. The maximum Gasteiger partial charge on any atom is 0.0820 e. The molecule has 1 aromatic rings. The Kier molecular flexibility index (Phi) is 5.04. The van der Waals surface area contributed by atoms with Crippen molar-refractivity contribution in [1.29, 1.82) is 0 Å². The molecule has 0 bridgehead atoms. The second-order valence-electron chi connectivity index (χ2n) is 6.37. The molecule has 1 aliphatic rings. The van der Waals surface area contributed by atoms with E-state index in [9.17, 15) is 5.11 Å². The van der Waals surface area contributed by atoms with Crippen molar-refractivity contribution in [2.45, 2.75) is 65.4 Å². The summed E-state index contributed by atoms with van der Waals surface area (Å²) in [5, 5.41) is 10.6. The third-order valence-electron chi connectivity index (χ3n) is 4.78. The molecular formula is C18H28O. The van der Waals surface area contributed by atoms with E-state index in [4.69, 9.17) is 0 Å². The minimum Gasteiger partial charge on any atom is -0.388 e. The predicted molar refractivity (Wildman–Crippen MR) is 81.2 cm³/mol. The minimum atomic E-state index is -0.261. The van der Waals surface area contributed by atoms with Crippen LogP contribution in [0, 0.1) is 25.7 Å². The Morgan fingerprint density at radius 1 is 1.16 bits per heavy atom. The summed E-state index contributed by atoms with van der Waals surface area (Å²) < 4.78 is 0. The molecule has 0 saturated heterocycles. The van der Waals surface area contributed by atoms with Crippen molar-refractivity contribution in [2.24, 2.45) is 11.8 Å². The van der Waals surface area contributed by atoms with Crippen LogP contribution >= 0.6 is 0 Å². The summed E-state index contributed by atoms with van der Waals surface area (Å²) in [5.41, 5.74) is 3.66. The van der Waals surface area contributed by atoms with E-state index in [1.807, 2.05) is 0 Å². The van der Waals surface area contributed by atoms with Crippen molar-refractivity contribution in [1.82, 2.24) is 0 Å². The molecule has 1 N–H and O–H groups in total. The van der Waals surface area contributed by atoms with Gasteiger partial charge in [0.05, 0.1) is 6.10 Å². The monoisotopic (exact) mass is 260 g/mol. The Bertz CT molecular complexity index is 402. The zero-order valence-corrected chi connectivity index (χ0v) is 12.7. The van der Waals surface area contributed by atoms with Gasteiger partial charge in [0.25, 0.3) is 0 Å². The van der Waals surface area contributed by atoms with Crippen LogP contribution in [0.4, 0.5) is 0 Å². The Balaban J connectivity index is 1.99. The molecule has 1 atom stereocenters. The van der Waals surface area contributed by atoms with Gasteiger partial charge in [-0.2, -0.15) is 0 Å². The van der Waals surface area contributed by atoms with Crippen molar-refractivity contribution in [3.8, 4) is 0 Å². The number of benzene rings is 1. The van der Waals surface area contributed by atoms with E-state index >= 15 is 0 Å². The fraction of sp³-hybridized carbons (Fsp3) is 0.667. The summed E-state index contributed by atoms with van der Waals surface area (Å²) in [6.45, 7) is 6.50. The van der Waals surface area contributed by atoms with Crippen LogP contribution in [0.15, 0.2) is 18.2 Å². The second kappa shape index (κ2) is 6.56. The molecule has 0 radical (unpaired) electrons. The molecule has 0 spiro atoms. The van der Waals surface area contributed by atoms with Crippen molar-refractivity contribution >= 4 is 0 Å². The Morgan fingerprint density at radius 2 is 1.84 bits per heavy atom. The number of rotatable bonds is 4. The number of hydrogen-bond donors (Lipinski definition) is 1. The Labute approximate surface area is 118 Å². The highest BCUT2D eigenvalue weighted by atomic mass is 16.3. The van der Waals surface area contributed by atoms with Crippen LogP contribution in [-0.4, -0.2) is 5.11 Å². The van der Waals surface area contributed by atoms with E-state index in [0.717, 1.165) is 11.5 Å². The quantitative estimate of drug-likeness (QED) is 0.812. The highest BCUT2D eigenvalue weighted by molar-refractivity contribution is 5.32. The number of aryl methyl sites for hydroxylation is 2. The summed E-state index contributed by atoms with van der Waals surface area (Å²) in [5.74, 6) is 1.38. The van der Waals surface area contributed by atoms with Crippen LogP contribution in [0.3, 0.4) is 0 Å². The maximum atomic E-state index is 10.6. The van der Waals surface area contributed by atoms with Gasteiger partial charge >= 0.3 is 0 Å². The van der Waals surface area contributed by atoms with Gasteiger partial charge in [0, 0.05) is 0 Å². The standard InChI is InChI=1S/C18H28O/c1-4-5-15-7-9-16(10-8-15)18(19)17-11-6-13(2)12-14(17)3/h6,11-12,15-16,18-19H,4-5,7-10H2,1-3H3. The van der Waals surface area contributed by atoms with Crippen LogP contribution in [0.1, 0.15) is 68.2 Å².